The highest BCUT2D eigenvalue weighted by Crippen LogP contribution is 2.04. The number of nitrogens with one attached hydrogen (secondary N) is 1. The fourth-order valence-electron chi connectivity index (χ4n) is 1.18. The summed E-state index contributed by atoms with van der Waals surface area (Å²) in [5, 5.41) is 2.59. The van der Waals surface area contributed by atoms with Gasteiger partial charge in [0.05, 0.1) is 12.1 Å². The summed E-state index contributed by atoms with van der Waals surface area (Å²) in [5.41, 5.74) is 5.65. The Morgan fingerprint density at radius 3 is 2.20 bits per heavy atom. The Balaban J connectivity index is 4.18. The molecule has 0 saturated heterocycles. The normalized spacial score (nSPS) is 15.1. The lowest BCUT2D eigenvalue weighted by molar-refractivity contribution is -0.123. The van der Waals surface area contributed by atoms with Gasteiger partial charge in [0.15, 0.2) is 0 Å². The Labute approximate surface area is 91.6 Å². The number of nitrogens with two attached hydrogens (primary N) is 1. The highest BCUT2D eigenvalue weighted by molar-refractivity contribution is 5.84. The first-order chi connectivity index (χ1) is 6.88. The van der Waals surface area contributed by atoms with Gasteiger partial charge in [0.1, 0.15) is 0 Å². The molecule has 4 nitrogen and oxygen atoms in total. The van der Waals surface area contributed by atoms with Gasteiger partial charge in [-0.05, 0) is 18.3 Å². The fourth-order valence-corrected chi connectivity index (χ4v) is 1.18. The highest BCUT2D eigenvalue weighted by Gasteiger charge is 2.21. The van der Waals surface area contributed by atoms with Crippen LogP contribution in [0.2, 0.25) is 0 Å². The minimum Gasteiger partial charge on any atom is -0.344 e. The van der Waals surface area contributed by atoms with Crippen LogP contribution in [0.3, 0.4) is 0 Å². The predicted octanol–water partition coefficient (Wildman–Crippen LogP) is 0.610. The minimum atomic E-state index is -0.562. The van der Waals surface area contributed by atoms with Crippen LogP contribution in [0.25, 0.3) is 0 Å². The number of carbonyl (C=O) groups is 1. The van der Waals surface area contributed by atoms with Crippen molar-refractivity contribution < 1.29 is 9.59 Å². The zero-order valence-corrected chi connectivity index (χ0v) is 9.91. The van der Waals surface area contributed by atoms with E-state index in [2.05, 4.69) is 5.32 Å². The predicted molar refractivity (Wildman–Crippen MR) is 59.9 cm³/mol. The quantitative estimate of drug-likeness (QED) is 0.679. The molecule has 4 heteroatoms. The van der Waals surface area contributed by atoms with Crippen LogP contribution in [0.5, 0.6) is 0 Å². The molecule has 0 aromatic rings. The molecule has 2 atom stereocenters. The summed E-state index contributed by atoms with van der Waals surface area (Å²) in [6.45, 7) is 7.70. The van der Waals surface area contributed by atoms with Gasteiger partial charge in [0, 0.05) is 0 Å². The van der Waals surface area contributed by atoms with Gasteiger partial charge in [-0.1, -0.05) is 27.7 Å². The van der Waals surface area contributed by atoms with Crippen LogP contribution in [-0.4, -0.2) is 24.3 Å². The van der Waals surface area contributed by atoms with Crippen molar-refractivity contribution in [3.8, 4) is 0 Å². The molecular weight excluding hydrogens is 192 g/mol. The molecule has 0 fully saturated rings. The van der Waals surface area contributed by atoms with Crippen LogP contribution in [0.4, 0.5) is 0 Å². The first-order valence-corrected chi connectivity index (χ1v) is 5.32. The van der Waals surface area contributed by atoms with Crippen molar-refractivity contribution in [2.24, 2.45) is 17.6 Å². The molecule has 3 N–H and O–H groups in total. The zero-order chi connectivity index (χ0) is 12.0. The van der Waals surface area contributed by atoms with Crippen LogP contribution < -0.4 is 11.1 Å². The van der Waals surface area contributed by atoms with Gasteiger partial charge >= 0.3 is 0 Å². The molecular formula is C11H21N2O2. The maximum absolute atomic E-state index is 11.5. The van der Waals surface area contributed by atoms with E-state index in [4.69, 9.17) is 5.73 Å². The maximum atomic E-state index is 11.5. The Hall–Kier alpha value is -0.900. The van der Waals surface area contributed by atoms with E-state index in [9.17, 15) is 9.59 Å². The van der Waals surface area contributed by atoms with Gasteiger partial charge in [0.2, 0.25) is 12.2 Å². The van der Waals surface area contributed by atoms with E-state index >= 15 is 0 Å². The van der Waals surface area contributed by atoms with Gasteiger partial charge in [-0.15, -0.1) is 0 Å². The van der Waals surface area contributed by atoms with E-state index in [0.29, 0.717) is 12.3 Å². The number of amides is 1. The third kappa shape index (κ3) is 5.52. The summed E-state index contributed by atoms with van der Waals surface area (Å²) >= 11 is 0. The van der Waals surface area contributed by atoms with Crippen molar-refractivity contribution in [3.63, 3.8) is 0 Å². The summed E-state index contributed by atoms with van der Waals surface area (Å²) in [7, 11) is 0. The molecule has 0 saturated carbocycles. The SMILES string of the molecule is CC(C)CC([C]=O)NC(=O)C(N)C(C)C. The van der Waals surface area contributed by atoms with Crippen LogP contribution >= 0.6 is 0 Å². The van der Waals surface area contributed by atoms with E-state index in [0.717, 1.165) is 0 Å². The first-order valence-electron chi connectivity index (χ1n) is 5.32. The average molecular weight is 213 g/mol. The van der Waals surface area contributed by atoms with Crippen LogP contribution in [0, 0.1) is 11.8 Å². The Morgan fingerprint density at radius 1 is 1.33 bits per heavy atom. The van der Waals surface area contributed by atoms with Crippen molar-refractivity contribution in [2.75, 3.05) is 0 Å². The molecule has 0 aliphatic carbocycles. The van der Waals surface area contributed by atoms with Crippen molar-refractivity contribution >= 4 is 12.2 Å². The molecule has 1 amide bonds. The molecule has 0 aliphatic heterocycles. The number of hydrogen-bond acceptors (Lipinski definition) is 3. The average Bonchev–Trinajstić information content (AvgIpc) is 2.14. The standard InChI is InChI=1S/C11H21N2O2/c1-7(2)5-9(6-14)13-11(15)10(12)8(3)4/h7-10H,5,12H2,1-4H3,(H,13,15). The van der Waals surface area contributed by atoms with E-state index < -0.39 is 12.1 Å². The second-order valence-electron chi connectivity index (χ2n) is 4.58. The lowest BCUT2D eigenvalue weighted by atomic mass is 10.0. The molecule has 87 valence electrons. The topological polar surface area (TPSA) is 72.2 Å². The number of carbonyl (C=O) groups excluding carboxylic acids is 2. The van der Waals surface area contributed by atoms with Gasteiger partial charge in [-0.25, -0.2) is 0 Å². The third-order valence-corrected chi connectivity index (χ3v) is 2.19. The van der Waals surface area contributed by atoms with Gasteiger partial charge in [-0.2, -0.15) is 0 Å². The van der Waals surface area contributed by atoms with Crippen molar-refractivity contribution in [1.29, 1.82) is 0 Å². The second-order valence-corrected chi connectivity index (χ2v) is 4.58. The summed E-state index contributed by atoms with van der Waals surface area (Å²) in [5.74, 6) is 0.127. The van der Waals surface area contributed by atoms with E-state index in [1.54, 1.807) is 0 Å². The van der Waals surface area contributed by atoms with Crippen molar-refractivity contribution in [2.45, 2.75) is 46.2 Å². The monoisotopic (exact) mass is 213 g/mol. The zero-order valence-electron chi connectivity index (χ0n) is 9.91. The van der Waals surface area contributed by atoms with Crippen molar-refractivity contribution in [3.05, 3.63) is 0 Å². The first kappa shape index (κ1) is 14.1. The van der Waals surface area contributed by atoms with Crippen LogP contribution in [0.1, 0.15) is 34.1 Å². The summed E-state index contributed by atoms with van der Waals surface area (Å²) < 4.78 is 0. The van der Waals surface area contributed by atoms with E-state index in [1.807, 2.05) is 34.0 Å². The van der Waals surface area contributed by atoms with E-state index in [1.165, 1.54) is 0 Å². The van der Waals surface area contributed by atoms with Crippen LogP contribution in [0.15, 0.2) is 0 Å². The van der Waals surface area contributed by atoms with Gasteiger partial charge < -0.3 is 11.1 Å². The molecule has 0 aromatic carbocycles. The third-order valence-electron chi connectivity index (χ3n) is 2.19. The van der Waals surface area contributed by atoms with E-state index in [-0.39, 0.29) is 11.8 Å². The Kier molecular flexibility index (Phi) is 6.17. The molecule has 0 aliphatic rings. The molecule has 0 heterocycles. The van der Waals surface area contributed by atoms with Crippen LogP contribution in [-0.2, 0) is 9.59 Å². The minimum absolute atomic E-state index is 0.0661. The number of hydrogen-bond donors (Lipinski definition) is 2. The fraction of sp³-hybridized carbons (Fsp3) is 0.818. The molecule has 0 bridgehead atoms. The Morgan fingerprint density at radius 2 is 1.87 bits per heavy atom. The molecule has 2 unspecified atom stereocenters. The highest BCUT2D eigenvalue weighted by atomic mass is 16.2. The number of rotatable bonds is 6. The smallest absolute Gasteiger partial charge is 0.237 e. The molecule has 0 spiro atoms. The molecule has 0 aromatic heterocycles. The largest absolute Gasteiger partial charge is 0.344 e. The lowest BCUT2D eigenvalue weighted by Crippen LogP contribution is -2.48. The van der Waals surface area contributed by atoms with Gasteiger partial charge in [-0.3, -0.25) is 9.59 Å². The molecule has 15 heavy (non-hydrogen) atoms. The second kappa shape index (κ2) is 6.56. The molecule has 1 radical (unpaired) electrons. The lowest BCUT2D eigenvalue weighted by Gasteiger charge is -2.19. The van der Waals surface area contributed by atoms with Crippen molar-refractivity contribution in [1.82, 2.24) is 5.32 Å². The van der Waals surface area contributed by atoms with Gasteiger partial charge in [0.25, 0.3) is 0 Å². The maximum Gasteiger partial charge on any atom is 0.237 e. The Bertz CT molecular complexity index is 215. The summed E-state index contributed by atoms with van der Waals surface area (Å²) in [6, 6.07) is -1.10. The summed E-state index contributed by atoms with van der Waals surface area (Å²) in [4.78, 5) is 22.1. The molecule has 0 rings (SSSR count). The summed E-state index contributed by atoms with van der Waals surface area (Å²) in [6.07, 6.45) is 2.42.